The number of sulfonamides is 1. The molecule has 1 aromatic rings. The summed E-state index contributed by atoms with van der Waals surface area (Å²) < 4.78 is 25.8. The van der Waals surface area contributed by atoms with Gasteiger partial charge in [-0.3, -0.25) is 4.79 Å². The van der Waals surface area contributed by atoms with Crippen molar-refractivity contribution in [3.63, 3.8) is 0 Å². The molecule has 1 aliphatic heterocycles. The van der Waals surface area contributed by atoms with E-state index < -0.39 is 10.0 Å². The van der Waals surface area contributed by atoms with Crippen LogP contribution in [-0.2, 0) is 14.8 Å². The summed E-state index contributed by atoms with van der Waals surface area (Å²) in [6.45, 7) is 2.81. The Morgan fingerprint density at radius 2 is 1.95 bits per heavy atom. The van der Waals surface area contributed by atoms with Crippen molar-refractivity contribution >= 4 is 15.9 Å². The molecule has 116 valence electrons. The van der Waals surface area contributed by atoms with E-state index in [0.29, 0.717) is 13.1 Å². The maximum Gasteiger partial charge on any atom is 0.243 e. The van der Waals surface area contributed by atoms with E-state index in [1.165, 1.54) is 19.2 Å². The smallest absolute Gasteiger partial charge is 0.243 e. The fourth-order valence-electron chi connectivity index (χ4n) is 2.24. The molecule has 0 atom stereocenters. The Bertz CT molecular complexity index is 566. The summed E-state index contributed by atoms with van der Waals surface area (Å²) in [4.78, 5) is 14.2. The molecule has 1 fully saturated rings. The molecule has 0 saturated carbocycles. The second kappa shape index (κ2) is 7.02. The molecule has 1 heterocycles. The van der Waals surface area contributed by atoms with Crippen LogP contribution in [0.5, 0.6) is 0 Å². The number of hydrogen-bond donors (Lipinski definition) is 1. The molecule has 21 heavy (non-hydrogen) atoms. The Labute approximate surface area is 125 Å². The molecular formula is C14H21N3O3S. The highest BCUT2D eigenvalue weighted by atomic mass is 32.2. The number of carbonyl (C=O) groups excluding carboxylic acids is 1. The van der Waals surface area contributed by atoms with E-state index in [0.717, 1.165) is 23.8 Å². The molecule has 6 nitrogen and oxygen atoms in total. The number of likely N-dealkylation sites (N-methyl/N-ethyl adjacent to an activating group) is 1. The van der Waals surface area contributed by atoms with Gasteiger partial charge >= 0.3 is 0 Å². The van der Waals surface area contributed by atoms with Crippen LogP contribution >= 0.6 is 0 Å². The predicted molar refractivity (Wildman–Crippen MR) is 80.3 cm³/mol. The second-order valence-electron chi connectivity index (χ2n) is 5.06. The van der Waals surface area contributed by atoms with Crippen LogP contribution in [0.3, 0.4) is 0 Å². The molecule has 1 aromatic carbocycles. The summed E-state index contributed by atoms with van der Waals surface area (Å²) >= 11 is 0. The zero-order valence-corrected chi connectivity index (χ0v) is 13.0. The van der Waals surface area contributed by atoms with E-state index >= 15 is 0 Å². The van der Waals surface area contributed by atoms with E-state index in [9.17, 15) is 13.2 Å². The first-order valence-electron chi connectivity index (χ1n) is 7.02. The zero-order valence-electron chi connectivity index (χ0n) is 12.2. The maximum atomic E-state index is 12.4. The van der Waals surface area contributed by atoms with Crippen LogP contribution in [-0.4, -0.2) is 63.3 Å². The number of benzene rings is 1. The van der Waals surface area contributed by atoms with E-state index in [1.807, 2.05) is 0 Å². The van der Waals surface area contributed by atoms with Crippen molar-refractivity contribution in [1.82, 2.24) is 14.5 Å². The van der Waals surface area contributed by atoms with Gasteiger partial charge in [0.25, 0.3) is 0 Å². The Morgan fingerprint density at radius 3 is 2.67 bits per heavy atom. The van der Waals surface area contributed by atoms with Crippen LogP contribution in [0.2, 0.25) is 0 Å². The number of nitrogens with zero attached hydrogens (tertiary/aromatic N) is 2. The van der Waals surface area contributed by atoms with Gasteiger partial charge in [-0.1, -0.05) is 18.2 Å². The third-order valence-electron chi connectivity index (χ3n) is 3.50. The third kappa shape index (κ3) is 4.03. The van der Waals surface area contributed by atoms with Crippen molar-refractivity contribution in [1.29, 1.82) is 0 Å². The van der Waals surface area contributed by atoms with Gasteiger partial charge < -0.3 is 10.2 Å². The fourth-order valence-corrected chi connectivity index (χ4v) is 3.38. The lowest BCUT2D eigenvalue weighted by Crippen LogP contribution is -2.42. The van der Waals surface area contributed by atoms with Crippen LogP contribution in [0.15, 0.2) is 35.2 Å². The van der Waals surface area contributed by atoms with Gasteiger partial charge in [0.1, 0.15) is 0 Å². The van der Waals surface area contributed by atoms with E-state index in [-0.39, 0.29) is 17.3 Å². The summed E-state index contributed by atoms with van der Waals surface area (Å²) in [6.07, 6.45) is 0.890. The highest BCUT2D eigenvalue weighted by Gasteiger charge is 2.25. The predicted octanol–water partition coefficient (Wildman–Crippen LogP) is 0.129. The molecule has 1 amide bonds. The minimum absolute atomic E-state index is 0.128. The van der Waals surface area contributed by atoms with E-state index in [2.05, 4.69) is 5.32 Å². The standard InChI is InChI=1S/C14H21N3O3S/c1-16(21(19,20)13-6-3-2-4-7-13)12-14(18)17-10-5-8-15-9-11-17/h2-4,6-7,15H,5,8-12H2,1H3. The Hall–Kier alpha value is -1.44. The lowest BCUT2D eigenvalue weighted by molar-refractivity contribution is -0.131. The highest BCUT2D eigenvalue weighted by molar-refractivity contribution is 7.89. The number of carbonyl (C=O) groups is 1. The Kier molecular flexibility index (Phi) is 5.33. The van der Waals surface area contributed by atoms with Crippen LogP contribution in [0.4, 0.5) is 0 Å². The molecule has 0 unspecified atom stereocenters. The van der Waals surface area contributed by atoms with Gasteiger partial charge in [0.15, 0.2) is 0 Å². The highest BCUT2D eigenvalue weighted by Crippen LogP contribution is 2.13. The van der Waals surface area contributed by atoms with Crippen molar-refractivity contribution in [2.75, 3.05) is 39.8 Å². The van der Waals surface area contributed by atoms with Crippen molar-refractivity contribution in [2.45, 2.75) is 11.3 Å². The minimum atomic E-state index is -3.61. The number of nitrogens with one attached hydrogen (secondary N) is 1. The molecule has 1 saturated heterocycles. The van der Waals surface area contributed by atoms with Crippen LogP contribution in [0, 0.1) is 0 Å². The van der Waals surface area contributed by atoms with Crippen molar-refractivity contribution in [3.8, 4) is 0 Å². The molecule has 0 bridgehead atoms. The van der Waals surface area contributed by atoms with Crippen LogP contribution in [0.1, 0.15) is 6.42 Å². The average molecular weight is 311 g/mol. The first-order chi connectivity index (χ1) is 10.0. The summed E-state index contributed by atoms with van der Waals surface area (Å²) in [6, 6.07) is 8.17. The SMILES string of the molecule is CN(CC(=O)N1CCCNCC1)S(=O)(=O)c1ccccc1. The fraction of sp³-hybridized carbons (Fsp3) is 0.500. The Balaban J connectivity index is 2.03. The number of hydrogen-bond acceptors (Lipinski definition) is 4. The maximum absolute atomic E-state index is 12.4. The quantitative estimate of drug-likeness (QED) is 0.858. The lowest BCUT2D eigenvalue weighted by atomic mass is 10.4. The lowest BCUT2D eigenvalue weighted by Gasteiger charge is -2.23. The number of rotatable bonds is 4. The third-order valence-corrected chi connectivity index (χ3v) is 5.32. The molecule has 7 heteroatoms. The van der Waals surface area contributed by atoms with E-state index in [4.69, 9.17) is 0 Å². The monoisotopic (exact) mass is 311 g/mol. The van der Waals surface area contributed by atoms with Gasteiger partial charge in [0, 0.05) is 26.7 Å². The van der Waals surface area contributed by atoms with Gasteiger partial charge in [0.05, 0.1) is 11.4 Å². The van der Waals surface area contributed by atoms with Gasteiger partial charge in [-0.2, -0.15) is 4.31 Å². The minimum Gasteiger partial charge on any atom is -0.340 e. The van der Waals surface area contributed by atoms with Crippen molar-refractivity contribution in [3.05, 3.63) is 30.3 Å². The van der Waals surface area contributed by atoms with E-state index in [1.54, 1.807) is 23.1 Å². The first-order valence-corrected chi connectivity index (χ1v) is 8.46. The zero-order chi connectivity index (χ0) is 15.3. The van der Waals surface area contributed by atoms with Gasteiger partial charge in [0.2, 0.25) is 15.9 Å². The summed E-state index contributed by atoms with van der Waals surface area (Å²) in [5, 5.41) is 3.22. The van der Waals surface area contributed by atoms with Crippen LogP contribution < -0.4 is 5.32 Å². The first kappa shape index (κ1) is 15.9. The molecule has 0 spiro atoms. The molecule has 0 aromatic heterocycles. The largest absolute Gasteiger partial charge is 0.340 e. The molecule has 2 rings (SSSR count). The summed E-state index contributed by atoms with van der Waals surface area (Å²) in [5.74, 6) is -0.152. The number of amides is 1. The molecule has 0 aliphatic carbocycles. The van der Waals surface area contributed by atoms with Crippen molar-refractivity contribution < 1.29 is 13.2 Å². The van der Waals surface area contributed by atoms with Gasteiger partial charge in [-0.05, 0) is 25.1 Å². The van der Waals surface area contributed by atoms with Gasteiger partial charge in [-0.25, -0.2) is 8.42 Å². The molecule has 1 aliphatic rings. The summed E-state index contributed by atoms with van der Waals surface area (Å²) in [7, 11) is -2.17. The topological polar surface area (TPSA) is 69.7 Å². The normalized spacial score (nSPS) is 16.8. The molecule has 0 radical (unpaired) electrons. The molecular weight excluding hydrogens is 290 g/mol. The van der Waals surface area contributed by atoms with Gasteiger partial charge in [-0.15, -0.1) is 0 Å². The van der Waals surface area contributed by atoms with Crippen LogP contribution in [0.25, 0.3) is 0 Å². The second-order valence-corrected chi connectivity index (χ2v) is 7.10. The molecule has 1 N–H and O–H groups in total. The Morgan fingerprint density at radius 1 is 1.24 bits per heavy atom. The van der Waals surface area contributed by atoms with Crippen molar-refractivity contribution in [2.24, 2.45) is 0 Å². The average Bonchev–Trinajstić information content (AvgIpc) is 2.77. The summed E-state index contributed by atoms with van der Waals surface area (Å²) in [5.41, 5.74) is 0.